The van der Waals surface area contributed by atoms with Crippen LogP contribution >= 0.6 is 0 Å². The third-order valence-electron chi connectivity index (χ3n) is 3.89. The molecule has 1 saturated heterocycles. The third-order valence-corrected chi connectivity index (χ3v) is 3.89. The minimum atomic E-state index is -0.833. The molecule has 23 heavy (non-hydrogen) atoms. The van der Waals surface area contributed by atoms with Gasteiger partial charge in [-0.3, -0.25) is 4.98 Å². The van der Waals surface area contributed by atoms with Gasteiger partial charge in [-0.25, -0.2) is 4.79 Å². The molecule has 0 aromatic carbocycles. The van der Waals surface area contributed by atoms with Gasteiger partial charge in [0.2, 0.25) is 0 Å². The number of ether oxygens (including phenoxy) is 2. The Hall–Kier alpha value is -1.82. The lowest BCUT2D eigenvalue weighted by atomic mass is 9.87. The molecule has 1 amide bonds. The fourth-order valence-corrected chi connectivity index (χ4v) is 2.58. The predicted molar refractivity (Wildman–Crippen MR) is 86.5 cm³/mol. The Morgan fingerprint density at radius 1 is 1.35 bits per heavy atom. The summed E-state index contributed by atoms with van der Waals surface area (Å²) in [7, 11) is 1.59. The molecule has 1 aliphatic heterocycles. The summed E-state index contributed by atoms with van der Waals surface area (Å²) in [6, 6.07) is 3.69. The number of methoxy groups -OCH3 is 1. The molecule has 1 aliphatic rings. The number of hydrogen-bond donors (Lipinski definition) is 1. The largest absolute Gasteiger partial charge is 0.495 e. The molecule has 0 spiro atoms. The summed E-state index contributed by atoms with van der Waals surface area (Å²) in [6.45, 7) is 6.52. The second-order valence-electron chi connectivity index (χ2n) is 7.06. The van der Waals surface area contributed by atoms with Crippen molar-refractivity contribution in [2.45, 2.75) is 51.2 Å². The quantitative estimate of drug-likeness (QED) is 0.925. The third kappa shape index (κ3) is 5.10. The number of amides is 1. The van der Waals surface area contributed by atoms with Crippen molar-refractivity contribution < 1.29 is 19.4 Å². The van der Waals surface area contributed by atoms with Crippen LogP contribution in [0.3, 0.4) is 0 Å². The monoisotopic (exact) mass is 322 g/mol. The highest BCUT2D eigenvalue weighted by atomic mass is 16.6. The number of hydrogen-bond acceptors (Lipinski definition) is 5. The van der Waals surface area contributed by atoms with Gasteiger partial charge in [0.15, 0.2) is 0 Å². The molecule has 0 aliphatic carbocycles. The first-order chi connectivity index (χ1) is 10.7. The second kappa shape index (κ2) is 6.74. The molecule has 1 fully saturated rings. The lowest BCUT2D eigenvalue weighted by molar-refractivity contribution is -0.0319. The van der Waals surface area contributed by atoms with Crippen molar-refractivity contribution >= 4 is 6.09 Å². The zero-order valence-electron chi connectivity index (χ0n) is 14.3. The molecule has 2 heterocycles. The minimum Gasteiger partial charge on any atom is -0.495 e. The zero-order chi connectivity index (χ0) is 17.1. The summed E-state index contributed by atoms with van der Waals surface area (Å²) in [6.07, 6.45) is 2.83. The molecule has 6 heteroatoms. The van der Waals surface area contributed by atoms with Crippen LogP contribution in [-0.2, 0) is 11.2 Å². The summed E-state index contributed by atoms with van der Waals surface area (Å²) < 4.78 is 10.4. The van der Waals surface area contributed by atoms with E-state index in [1.807, 2.05) is 32.9 Å². The predicted octanol–water partition coefficient (Wildman–Crippen LogP) is 2.39. The lowest BCUT2D eigenvalue weighted by Gasteiger charge is -2.38. The van der Waals surface area contributed by atoms with Crippen molar-refractivity contribution in [1.82, 2.24) is 9.88 Å². The highest BCUT2D eigenvalue weighted by molar-refractivity contribution is 5.68. The van der Waals surface area contributed by atoms with Crippen molar-refractivity contribution in [3.8, 4) is 5.75 Å². The number of aliphatic hydroxyl groups is 1. The number of rotatable bonds is 3. The van der Waals surface area contributed by atoms with Crippen LogP contribution in [0.25, 0.3) is 0 Å². The first kappa shape index (κ1) is 17.5. The number of carbonyl (C=O) groups excluding carboxylic acids is 1. The number of pyridine rings is 1. The van der Waals surface area contributed by atoms with Crippen LogP contribution in [-0.4, -0.2) is 52.5 Å². The molecule has 128 valence electrons. The van der Waals surface area contributed by atoms with Crippen molar-refractivity contribution in [2.75, 3.05) is 20.2 Å². The molecule has 1 N–H and O–H groups in total. The van der Waals surface area contributed by atoms with Crippen LogP contribution in [0, 0.1) is 0 Å². The van der Waals surface area contributed by atoms with Crippen LogP contribution in [0.4, 0.5) is 4.79 Å². The fourth-order valence-electron chi connectivity index (χ4n) is 2.58. The first-order valence-electron chi connectivity index (χ1n) is 7.90. The molecule has 0 unspecified atom stereocenters. The second-order valence-corrected chi connectivity index (χ2v) is 7.06. The van der Waals surface area contributed by atoms with Crippen molar-refractivity contribution in [3.05, 3.63) is 24.0 Å². The molecule has 0 radical (unpaired) electrons. The van der Waals surface area contributed by atoms with Gasteiger partial charge in [0.25, 0.3) is 0 Å². The van der Waals surface area contributed by atoms with Crippen molar-refractivity contribution in [2.24, 2.45) is 0 Å². The SMILES string of the molecule is COc1ccc(CC2(O)CCN(C(=O)OC(C)(C)C)CC2)nc1. The maximum absolute atomic E-state index is 12.0. The van der Waals surface area contributed by atoms with Crippen LogP contribution in [0.15, 0.2) is 18.3 Å². The van der Waals surface area contributed by atoms with Crippen molar-refractivity contribution in [1.29, 1.82) is 0 Å². The average Bonchev–Trinajstić information content (AvgIpc) is 2.46. The fraction of sp³-hybridized carbons (Fsp3) is 0.647. The Kier molecular flexibility index (Phi) is 5.14. The van der Waals surface area contributed by atoms with Crippen molar-refractivity contribution in [3.63, 3.8) is 0 Å². The summed E-state index contributed by atoms with van der Waals surface area (Å²) in [5.74, 6) is 0.695. The van der Waals surface area contributed by atoms with Gasteiger partial charge in [0.05, 0.1) is 18.9 Å². The van der Waals surface area contributed by atoms with Gasteiger partial charge >= 0.3 is 6.09 Å². The van der Waals surface area contributed by atoms with Crippen LogP contribution in [0.5, 0.6) is 5.75 Å². The van der Waals surface area contributed by atoms with E-state index in [9.17, 15) is 9.90 Å². The molecule has 2 rings (SSSR count). The van der Waals surface area contributed by atoms with E-state index in [0.717, 1.165) is 5.69 Å². The van der Waals surface area contributed by atoms with Crippen LogP contribution in [0.1, 0.15) is 39.3 Å². The van der Waals surface area contributed by atoms with Gasteiger partial charge in [-0.15, -0.1) is 0 Å². The molecule has 6 nitrogen and oxygen atoms in total. The van der Waals surface area contributed by atoms with Gasteiger partial charge in [0, 0.05) is 25.2 Å². The van der Waals surface area contributed by atoms with E-state index in [2.05, 4.69) is 4.98 Å². The van der Waals surface area contributed by atoms with Gasteiger partial charge < -0.3 is 19.5 Å². The Labute approximate surface area is 137 Å². The molecular weight excluding hydrogens is 296 g/mol. The van der Waals surface area contributed by atoms with Crippen LogP contribution in [0.2, 0.25) is 0 Å². The van der Waals surface area contributed by atoms with E-state index in [1.54, 1.807) is 18.2 Å². The Balaban J connectivity index is 1.90. The van der Waals surface area contributed by atoms with Crippen LogP contribution < -0.4 is 4.74 Å². The number of likely N-dealkylation sites (tertiary alicyclic amines) is 1. The molecule has 0 saturated carbocycles. The number of aromatic nitrogens is 1. The molecular formula is C17H26N2O4. The number of carbonyl (C=O) groups is 1. The van der Waals surface area contributed by atoms with Gasteiger partial charge in [0.1, 0.15) is 11.4 Å². The smallest absolute Gasteiger partial charge is 0.410 e. The van der Waals surface area contributed by atoms with E-state index in [4.69, 9.17) is 9.47 Å². The van der Waals surface area contributed by atoms with E-state index in [1.165, 1.54) is 0 Å². The minimum absolute atomic E-state index is 0.317. The average molecular weight is 322 g/mol. The summed E-state index contributed by atoms with van der Waals surface area (Å²) in [4.78, 5) is 18.0. The highest BCUT2D eigenvalue weighted by Gasteiger charge is 2.35. The Morgan fingerprint density at radius 2 is 2.00 bits per heavy atom. The Bertz CT molecular complexity index is 529. The maximum atomic E-state index is 12.0. The molecule has 0 bridgehead atoms. The van der Waals surface area contributed by atoms with E-state index in [0.29, 0.717) is 38.1 Å². The maximum Gasteiger partial charge on any atom is 0.410 e. The van der Waals surface area contributed by atoms with Gasteiger partial charge in [-0.2, -0.15) is 0 Å². The molecule has 0 atom stereocenters. The normalized spacial score (nSPS) is 17.7. The van der Waals surface area contributed by atoms with E-state index in [-0.39, 0.29) is 6.09 Å². The zero-order valence-corrected chi connectivity index (χ0v) is 14.3. The molecule has 1 aromatic rings. The summed E-state index contributed by atoms with van der Waals surface area (Å²) in [5, 5.41) is 10.7. The summed E-state index contributed by atoms with van der Waals surface area (Å²) in [5.41, 5.74) is -0.517. The molecule has 1 aromatic heterocycles. The topological polar surface area (TPSA) is 71.9 Å². The van der Waals surface area contributed by atoms with E-state index < -0.39 is 11.2 Å². The first-order valence-corrected chi connectivity index (χ1v) is 7.90. The lowest BCUT2D eigenvalue weighted by Crippen LogP contribution is -2.49. The van der Waals surface area contributed by atoms with Gasteiger partial charge in [-0.1, -0.05) is 0 Å². The number of nitrogens with zero attached hydrogens (tertiary/aromatic N) is 2. The standard InChI is InChI=1S/C17H26N2O4/c1-16(2,3)23-15(20)19-9-7-17(21,8-10-19)11-13-5-6-14(22-4)12-18-13/h5-6,12,21H,7-11H2,1-4H3. The van der Waals surface area contributed by atoms with Gasteiger partial charge in [-0.05, 0) is 45.7 Å². The number of piperidine rings is 1. The highest BCUT2D eigenvalue weighted by Crippen LogP contribution is 2.27. The summed E-state index contributed by atoms with van der Waals surface area (Å²) >= 11 is 0. The van der Waals surface area contributed by atoms with E-state index >= 15 is 0 Å². The Morgan fingerprint density at radius 3 is 2.48 bits per heavy atom.